The van der Waals surface area contributed by atoms with Gasteiger partial charge in [-0.25, -0.2) is 4.21 Å². The largest absolute Gasteiger partial charge is 0.466 e. The Labute approximate surface area is 120 Å². The van der Waals surface area contributed by atoms with Crippen molar-refractivity contribution in [3.63, 3.8) is 0 Å². The van der Waals surface area contributed by atoms with Gasteiger partial charge in [-0.1, -0.05) is 25.5 Å². The van der Waals surface area contributed by atoms with E-state index in [2.05, 4.69) is 5.32 Å². The Bertz CT molecular complexity index is 399. The Hall–Kier alpha value is -1.25. The molecule has 8 heteroatoms. The van der Waals surface area contributed by atoms with Gasteiger partial charge in [0.25, 0.3) is 0 Å². The molecule has 1 amide bonds. The van der Waals surface area contributed by atoms with Gasteiger partial charge >= 0.3 is 5.97 Å². The zero-order valence-electron chi connectivity index (χ0n) is 11.4. The topological polar surface area (TPSA) is 95.9 Å². The van der Waals surface area contributed by atoms with Gasteiger partial charge in [0, 0.05) is 13.1 Å². The third kappa shape index (κ3) is 5.40. The fourth-order valence-electron chi connectivity index (χ4n) is 1.71. The summed E-state index contributed by atoms with van der Waals surface area (Å²) in [4.78, 5) is 23.6. The molecule has 1 unspecified atom stereocenters. The second kappa shape index (κ2) is 8.83. The number of hydrogen-bond donors (Lipinski definition) is 2. The van der Waals surface area contributed by atoms with E-state index in [1.54, 1.807) is 12.2 Å². The zero-order chi connectivity index (χ0) is 15.0. The number of unbranched alkanes of at least 4 members (excludes halogenated alkanes) is 1. The summed E-state index contributed by atoms with van der Waals surface area (Å²) in [6, 6.07) is -1.00. The van der Waals surface area contributed by atoms with E-state index in [0.29, 0.717) is 13.2 Å². The highest BCUT2D eigenvalue weighted by atomic mass is 32.2. The predicted octanol–water partition coefficient (Wildman–Crippen LogP) is 0.213. The molecule has 2 N–H and O–H groups in total. The summed E-state index contributed by atoms with van der Waals surface area (Å²) >= 11 is -2.33. The van der Waals surface area contributed by atoms with E-state index in [4.69, 9.17) is 4.74 Å². The summed E-state index contributed by atoms with van der Waals surface area (Å²) in [7, 11) is 0. The van der Waals surface area contributed by atoms with Crippen LogP contribution in [0.5, 0.6) is 0 Å². The summed E-state index contributed by atoms with van der Waals surface area (Å²) in [5.74, 6) is -0.997. The summed E-state index contributed by atoms with van der Waals surface area (Å²) in [5.41, 5.74) is 0. The Morgan fingerprint density at radius 3 is 3.00 bits per heavy atom. The molecule has 0 saturated carbocycles. The summed E-state index contributed by atoms with van der Waals surface area (Å²) in [6.07, 6.45) is 4.77. The maximum Gasteiger partial charge on any atom is 0.307 e. The van der Waals surface area contributed by atoms with Gasteiger partial charge in [0.1, 0.15) is 6.04 Å². The van der Waals surface area contributed by atoms with Crippen LogP contribution < -0.4 is 5.32 Å². The first-order chi connectivity index (χ1) is 9.56. The molecule has 1 aliphatic heterocycles. The molecule has 0 radical (unpaired) electrons. The third-order valence-corrected chi connectivity index (χ3v) is 3.62. The van der Waals surface area contributed by atoms with Gasteiger partial charge < -0.3 is 10.1 Å². The van der Waals surface area contributed by atoms with Crippen molar-refractivity contribution in [2.75, 3.05) is 19.7 Å². The van der Waals surface area contributed by atoms with E-state index >= 15 is 0 Å². The van der Waals surface area contributed by atoms with Crippen LogP contribution in [0.15, 0.2) is 12.2 Å². The number of carbonyl (C=O) groups excluding carboxylic acids is 2. The molecule has 20 heavy (non-hydrogen) atoms. The molecular weight excluding hydrogens is 284 g/mol. The van der Waals surface area contributed by atoms with Crippen LogP contribution in [-0.4, -0.2) is 50.7 Å². The minimum atomic E-state index is -2.33. The standard InChI is InChI=1S/C12H20N2O5S/c1-2-3-8-19-11(15)9-10-12(16)13-6-4-5-7-14(10)20(17)18/h4-5,10H,2-3,6-9H2,1H3,(H,13,16)(H,17,18)/b5-4-/t10-/m1/s1. The predicted molar refractivity (Wildman–Crippen MR) is 73.9 cm³/mol. The Kier molecular flexibility index (Phi) is 7.42. The smallest absolute Gasteiger partial charge is 0.307 e. The molecule has 0 saturated heterocycles. The van der Waals surface area contributed by atoms with Crippen molar-refractivity contribution < 1.29 is 23.1 Å². The van der Waals surface area contributed by atoms with Crippen molar-refractivity contribution in [3.8, 4) is 0 Å². The minimum Gasteiger partial charge on any atom is -0.466 e. The Morgan fingerprint density at radius 2 is 2.35 bits per heavy atom. The lowest BCUT2D eigenvalue weighted by Crippen LogP contribution is -2.49. The van der Waals surface area contributed by atoms with E-state index in [1.807, 2.05) is 6.92 Å². The molecule has 0 aliphatic carbocycles. The van der Waals surface area contributed by atoms with Gasteiger partial charge in [-0.15, -0.1) is 0 Å². The molecule has 0 fully saturated rings. The number of nitrogens with one attached hydrogen (secondary N) is 1. The monoisotopic (exact) mass is 304 g/mol. The van der Waals surface area contributed by atoms with Crippen molar-refractivity contribution in [1.82, 2.24) is 9.62 Å². The molecule has 1 heterocycles. The first-order valence-corrected chi connectivity index (χ1v) is 7.58. The zero-order valence-corrected chi connectivity index (χ0v) is 12.2. The number of hydrogen-bond acceptors (Lipinski definition) is 4. The summed E-state index contributed by atoms with van der Waals surface area (Å²) in [5, 5.41) is 2.57. The highest BCUT2D eigenvalue weighted by molar-refractivity contribution is 7.76. The highest BCUT2D eigenvalue weighted by Crippen LogP contribution is 2.10. The average Bonchev–Trinajstić information content (AvgIpc) is 2.38. The van der Waals surface area contributed by atoms with Gasteiger partial charge in [-0.05, 0) is 6.42 Å². The summed E-state index contributed by atoms with van der Waals surface area (Å²) < 4.78 is 26.6. The molecule has 1 rings (SSSR count). The Morgan fingerprint density at radius 1 is 1.60 bits per heavy atom. The van der Waals surface area contributed by atoms with Gasteiger partial charge in [-0.2, -0.15) is 4.31 Å². The van der Waals surface area contributed by atoms with Gasteiger partial charge in [0.2, 0.25) is 17.2 Å². The second-order valence-electron chi connectivity index (χ2n) is 4.34. The normalized spacial score (nSPS) is 23.3. The van der Waals surface area contributed by atoms with E-state index in [-0.39, 0.29) is 13.0 Å². The molecule has 0 spiro atoms. The minimum absolute atomic E-state index is 0.128. The third-order valence-electron chi connectivity index (χ3n) is 2.82. The van der Waals surface area contributed by atoms with Crippen molar-refractivity contribution in [3.05, 3.63) is 12.2 Å². The van der Waals surface area contributed by atoms with E-state index in [0.717, 1.165) is 17.1 Å². The number of amides is 1. The van der Waals surface area contributed by atoms with Gasteiger partial charge in [0.15, 0.2) is 0 Å². The molecule has 0 aromatic heterocycles. The fraction of sp³-hybridized carbons (Fsp3) is 0.667. The lowest BCUT2D eigenvalue weighted by Gasteiger charge is -2.26. The van der Waals surface area contributed by atoms with Crippen LogP contribution in [0, 0.1) is 0 Å². The second-order valence-corrected chi connectivity index (χ2v) is 5.27. The average molecular weight is 304 g/mol. The maximum atomic E-state index is 11.9. The van der Waals surface area contributed by atoms with Crippen LogP contribution >= 0.6 is 0 Å². The van der Waals surface area contributed by atoms with Crippen LogP contribution in [0.4, 0.5) is 0 Å². The lowest BCUT2D eigenvalue weighted by atomic mass is 10.1. The van der Waals surface area contributed by atoms with Crippen molar-refractivity contribution >= 4 is 23.1 Å². The van der Waals surface area contributed by atoms with Crippen LogP contribution in [0.1, 0.15) is 26.2 Å². The molecule has 1 aliphatic rings. The maximum absolute atomic E-state index is 11.9. The number of rotatable bonds is 6. The van der Waals surface area contributed by atoms with Crippen molar-refractivity contribution in [1.29, 1.82) is 0 Å². The van der Waals surface area contributed by atoms with Crippen LogP contribution in [-0.2, 0) is 25.6 Å². The highest BCUT2D eigenvalue weighted by Gasteiger charge is 2.32. The van der Waals surface area contributed by atoms with E-state index in [9.17, 15) is 18.4 Å². The van der Waals surface area contributed by atoms with E-state index < -0.39 is 29.2 Å². The van der Waals surface area contributed by atoms with Gasteiger partial charge in [0.05, 0.1) is 13.0 Å². The molecule has 0 aromatic rings. The fourth-order valence-corrected chi connectivity index (χ4v) is 2.31. The summed E-state index contributed by atoms with van der Waals surface area (Å²) in [6.45, 7) is 2.74. The Balaban J connectivity index is 2.68. The molecule has 7 nitrogen and oxygen atoms in total. The lowest BCUT2D eigenvalue weighted by molar-refractivity contribution is -0.146. The quantitative estimate of drug-likeness (QED) is 0.316. The van der Waals surface area contributed by atoms with Crippen molar-refractivity contribution in [2.24, 2.45) is 0 Å². The molecule has 2 atom stereocenters. The van der Waals surface area contributed by atoms with Crippen LogP contribution in [0.25, 0.3) is 0 Å². The number of ether oxygens (including phenoxy) is 1. The number of esters is 1. The molecular formula is C12H20N2O5S. The van der Waals surface area contributed by atoms with Gasteiger partial charge in [-0.3, -0.25) is 14.1 Å². The molecule has 0 bridgehead atoms. The number of carbonyl (C=O) groups is 2. The SMILES string of the molecule is CCCCOC(=O)C[C@@H]1C(=O)NC/C=C\CN1S(=O)O. The van der Waals surface area contributed by atoms with E-state index in [1.165, 1.54) is 0 Å². The molecule has 114 valence electrons. The van der Waals surface area contributed by atoms with Crippen molar-refractivity contribution in [2.45, 2.75) is 32.2 Å². The molecule has 0 aromatic carbocycles. The first-order valence-electron chi connectivity index (χ1n) is 6.52. The number of nitrogens with zero attached hydrogens (tertiary/aromatic N) is 1. The van der Waals surface area contributed by atoms with Crippen LogP contribution in [0.3, 0.4) is 0 Å². The first kappa shape index (κ1) is 16.8. The van der Waals surface area contributed by atoms with Crippen LogP contribution in [0.2, 0.25) is 0 Å².